The molecule has 0 aliphatic rings. The van der Waals surface area contributed by atoms with E-state index in [0.717, 1.165) is 10.0 Å². The second kappa shape index (κ2) is 5.70. The number of halogens is 3. The highest BCUT2D eigenvalue weighted by Crippen LogP contribution is 2.31. The van der Waals surface area contributed by atoms with E-state index in [0.29, 0.717) is 17.3 Å². The summed E-state index contributed by atoms with van der Waals surface area (Å²) < 4.78 is 6.00. The first kappa shape index (κ1) is 13.0. The molecule has 2 nitrogen and oxygen atoms in total. The van der Waals surface area contributed by atoms with Crippen LogP contribution >= 0.6 is 39.9 Å². The van der Waals surface area contributed by atoms with Crippen LogP contribution in [0.4, 0.5) is 0 Å². The Balaban J connectivity index is 0.00000144. The van der Waals surface area contributed by atoms with E-state index >= 15 is 0 Å². The van der Waals surface area contributed by atoms with Crippen molar-refractivity contribution in [3.63, 3.8) is 0 Å². The number of ether oxygens (including phenoxy) is 1. The summed E-state index contributed by atoms with van der Waals surface area (Å²) in [5.74, 6) is 0.655. The van der Waals surface area contributed by atoms with Crippen molar-refractivity contribution in [2.75, 3.05) is 7.11 Å². The minimum atomic E-state index is 0. The Morgan fingerprint density at radius 2 is 2.15 bits per heavy atom. The van der Waals surface area contributed by atoms with Crippen molar-refractivity contribution in [1.29, 1.82) is 0 Å². The van der Waals surface area contributed by atoms with Crippen LogP contribution < -0.4 is 10.5 Å². The molecule has 0 bridgehead atoms. The molecule has 0 saturated carbocycles. The molecule has 2 N–H and O–H groups in total. The van der Waals surface area contributed by atoms with Gasteiger partial charge in [0.05, 0.1) is 12.1 Å². The topological polar surface area (TPSA) is 35.2 Å². The SMILES string of the molecule is COc1c(Cl)cc(Br)cc1CN.Cl. The molecule has 0 radical (unpaired) electrons. The van der Waals surface area contributed by atoms with E-state index in [-0.39, 0.29) is 12.4 Å². The van der Waals surface area contributed by atoms with E-state index in [1.807, 2.05) is 6.07 Å². The lowest BCUT2D eigenvalue weighted by Gasteiger charge is -2.08. The Bertz CT molecular complexity index is 294. The number of hydrogen-bond donors (Lipinski definition) is 1. The van der Waals surface area contributed by atoms with Crippen LogP contribution in [0.3, 0.4) is 0 Å². The van der Waals surface area contributed by atoms with Gasteiger partial charge in [-0.1, -0.05) is 27.5 Å². The van der Waals surface area contributed by atoms with Gasteiger partial charge in [0.2, 0.25) is 0 Å². The maximum Gasteiger partial charge on any atom is 0.142 e. The second-order valence-electron chi connectivity index (χ2n) is 2.28. The fraction of sp³-hybridized carbons (Fsp3) is 0.250. The largest absolute Gasteiger partial charge is 0.495 e. The Labute approximate surface area is 96.9 Å². The van der Waals surface area contributed by atoms with Crippen molar-refractivity contribution in [3.05, 3.63) is 27.2 Å². The normalized spacial score (nSPS) is 9.23. The molecule has 13 heavy (non-hydrogen) atoms. The number of hydrogen-bond acceptors (Lipinski definition) is 2. The van der Waals surface area contributed by atoms with Gasteiger partial charge in [-0.15, -0.1) is 12.4 Å². The van der Waals surface area contributed by atoms with Gasteiger partial charge in [-0.3, -0.25) is 0 Å². The van der Waals surface area contributed by atoms with Gasteiger partial charge < -0.3 is 10.5 Å². The summed E-state index contributed by atoms with van der Waals surface area (Å²) in [6, 6.07) is 3.67. The molecule has 0 heterocycles. The highest BCUT2D eigenvalue weighted by atomic mass is 79.9. The third kappa shape index (κ3) is 3.02. The number of benzene rings is 1. The van der Waals surface area contributed by atoms with Crippen molar-refractivity contribution in [2.45, 2.75) is 6.54 Å². The van der Waals surface area contributed by atoms with Gasteiger partial charge in [0.25, 0.3) is 0 Å². The maximum atomic E-state index is 5.90. The molecule has 0 saturated heterocycles. The zero-order valence-electron chi connectivity index (χ0n) is 7.01. The van der Waals surface area contributed by atoms with Gasteiger partial charge in [0.15, 0.2) is 0 Å². The predicted octanol–water partition coefficient (Wildman–Crippen LogP) is 2.99. The molecule has 5 heteroatoms. The molecule has 1 rings (SSSR count). The predicted molar refractivity (Wildman–Crippen MR) is 60.8 cm³/mol. The number of nitrogens with two attached hydrogens (primary N) is 1. The summed E-state index contributed by atoms with van der Waals surface area (Å²) in [7, 11) is 1.58. The fourth-order valence-electron chi connectivity index (χ4n) is 0.994. The average molecular weight is 287 g/mol. The van der Waals surface area contributed by atoms with Gasteiger partial charge >= 0.3 is 0 Å². The van der Waals surface area contributed by atoms with E-state index in [2.05, 4.69) is 15.9 Å². The molecule has 1 aromatic rings. The molecule has 0 aliphatic heterocycles. The van der Waals surface area contributed by atoms with Crippen LogP contribution in [0.15, 0.2) is 16.6 Å². The van der Waals surface area contributed by atoms with Crippen molar-refractivity contribution in [1.82, 2.24) is 0 Å². The van der Waals surface area contributed by atoms with Crippen LogP contribution in [0, 0.1) is 0 Å². The monoisotopic (exact) mass is 285 g/mol. The van der Waals surface area contributed by atoms with Crippen LogP contribution in [0.5, 0.6) is 5.75 Å². The maximum absolute atomic E-state index is 5.90. The van der Waals surface area contributed by atoms with Crippen molar-refractivity contribution < 1.29 is 4.74 Å². The smallest absolute Gasteiger partial charge is 0.142 e. The first-order valence-corrected chi connectivity index (χ1v) is 4.58. The fourth-order valence-corrected chi connectivity index (χ4v) is 1.95. The Morgan fingerprint density at radius 1 is 1.54 bits per heavy atom. The minimum Gasteiger partial charge on any atom is -0.495 e. The lowest BCUT2D eigenvalue weighted by molar-refractivity contribution is 0.410. The number of methoxy groups -OCH3 is 1. The van der Waals surface area contributed by atoms with E-state index in [9.17, 15) is 0 Å². The molecule has 0 amide bonds. The molecule has 0 aromatic heterocycles. The molecule has 1 aromatic carbocycles. The molecule has 0 unspecified atom stereocenters. The number of rotatable bonds is 2. The van der Waals surface area contributed by atoms with E-state index in [1.165, 1.54) is 0 Å². The summed E-state index contributed by atoms with van der Waals surface area (Å²) in [6.07, 6.45) is 0. The second-order valence-corrected chi connectivity index (χ2v) is 3.61. The summed E-state index contributed by atoms with van der Waals surface area (Å²) in [5, 5.41) is 0.576. The molecule has 0 atom stereocenters. The first-order valence-electron chi connectivity index (χ1n) is 3.41. The standard InChI is InChI=1S/C8H9BrClNO.ClH/c1-12-8-5(4-11)2-6(9)3-7(8)10;/h2-3H,4,11H2,1H3;1H. The van der Waals surface area contributed by atoms with Gasteiger partial charge in [0.1, 0.15) is 5.75 Å². The lowest BCUT2D eigenvalue weighted by atomic mass is 10.2. The Hall–Kier alpha value is 0.0400. The van der Waals surface area contributed by atoms with Crippen molar-refractivity contribution >= 4 is 39.9 Å². The van der Waals surface area contributed by atoms with Crippen LogP contribution in [-0.2, 0) is 6.54 Å². The average Bonchev–Trinajstić information content (AvgIpc) is 2.03. The van der Waals surface area contributed by atoms with Gasteiger partial charge in [-0.05, 0) is 12.1 Å². The van der Waals surface area contributed by atoms with E-state index in [4.69, 9.17) is 22.1 Å². The summed E-state index contributed by atoms with van der Waals surface area (Å²) >= 11 is 9.22. The lowest BCUT2D eigenvalue weighted by Crippen LogP contribution is -2.00. The van der Waals surface area contributed by atoms with Crippen molar-refractivity contribution in [3.8, 4) is 5.75 Å². The van der Waals surface area contributed by atoms with Crippen LogP contribution in [0.25, 0.3) is 0 Å². The Morgan fingerprint density at radius 3 is 2.62 bits per heavy atom. The third-order valence-electron chi connectivity index (χ3n) is 1.51. The molecule has 74 valence electrons. The molecule has 0 fully saturated rings. The molecule has 0 spiro atoms. The molecular formula is C8H10BrCl2NO. The van der Waals surface area contributed by atoms with E-state index < -0.39 is 0 Å². The highest BCUT2D eigenvalue weighted by molar-refractivity contribution is 9.10. The first-order chi connectivity index (χ1) is 5.69. The van der Waals surface area contributed by atoms with Crippen LogP contribution in [0.1, 0.15) is 5.56 Å². The highest BCUT2D eigenvalue weighted by Gasteiger charge is 2.07. The van der Waals surface area contributed by atoms with Gasteiger partial charge in [-0.25, -0.2) is 0 Å². The summed E-state index contributed by atoms with van der Waals surface area (Å²) in [5.41, 5.74) is 6.40. The zero-order chi connectivity index (χ0) is 9.14. The zero-order valence-corrected chi connectivity index (χ0v) is 10.2. The van der Waals surface area contributed by atoms with Gasteiger partial charge in [0, 0.05) is 16.6 Å². The molecular weight excluding hydrogens is 277 g/mol. The van der Waals surface area contributed by atoms with Crippen LogP contribution in [-0.4, -0.2) is 7.11 Å². The van der Waals surface area contributed by atoms with Gasteiger partial charge in [-0.2, -0.15) is 0 Å². The summed E-state index contributed by atoms with van der Waals surface area (Å²) in [6.45, 7) is 0.419. The Kier molecular flexibility index (Phi) is 5.72. The van der Waals surface area contributed by atoms with Crippen molar-refractivity contribution in [2.24, 2.45) is 5.73 Å². The quantitative estimate of drug-likeness (QED) is 0.907. The minimum absolute atomic E-state index is 0. The van der Waals surface area contributed by atoms with E-state index in [1.54, 1.807) is 13.2 Å². The van der Waals surface area contributed by atoms with Crippen LogP contribution in [0.2, 0.25) is 5.02 Å². The molecule has 0 aliphatic carbocycles. The summed E-state index contributed by atoms with van der Waals surface area (Å²) in [4.78, 5) is 0. The third-order valence-corrected chi connectivity index (χ3v) is 2.25.